The predicted octanol–water partition coefficient (Wildman–Crippen LogP) is 3.34. The Morgan fingerprint density at radius 3 is 2.38 bits per heavy atom. The molecule has 1 heterocycles. The molecular weight excluding hydrogens is 284 g/mol. The molecule has 1 aromatic rings. The van der Waals surface area contributed by atoms with Gasteiger partial charge in [0.05, 0.1) is 0 Å². The van der Waals surface area contributed by atoms with E-state index in [9.17, 15) is 0 Å². The summed E-state index contributed by atoms with van der Waals surface area (Å²) >= 11 is 6.35. The first kappa shape index (κ1) is 16.5. The van der Waals surface area contributed by atoms with Crippen molar-refractivity contribution in [3.05, 3.63) is 16.5 Å². The molecular formula is C16H27ClN4. The lowest BCUT2D eigenvalue weighted by Gasteiger charge is -2.28. The van der Waals surface area contributed by atoms with Gasteiger partial charge in [-0.1, -0.05) is 25.4 Å². The van der Waals surface area contributed by atoms with Gasteiger partial charge >= 0.3 is 0 Å². The second kappa shape index (κ2) is 6.93. The van der Waals surface area contributed by atoms with Crippen molar-refractivity contribution in [2.45, 2.75) is 39.5 Å². The van der Waals surface area contributed by atoms with E-state index in [2.05, 4.69) is 42.7 Å². The first-order chi connectivity index (χ1) is 9.88. The summed E-state index contributed by atoms with van der Waals surface area (Å²) < 4.78 is 0. The third-order valence-corrected chi connectivity index (χ3v) is 4.09. The van der Waals surface area contributed by atoms with Gasteiger partial charge < -0.3 is 9.80 Å². The van der Waals surface area contributed by atoms with Crippen molar-refractivity contribution in [1.82, 2.24) is 14.9 Å². The highest BCUT2D eigenvalue weighted by molar-refractivity contribution is 6.30. The fourth-order valence-electron chi connectivity index (χ4n) is 2.37. The second-order valence-corrected chi connectivity index (χ2v) is 7.10. The normalized spacial score (nSPS) is 15.0. The Labute approximate surface area is 133 Å². The molecule has 21 heavy (non-hydrogen) atoms. The Kier molecular flexibility index (Phi) is 5.44. The first-order valence-corrected chi connectivity index (χ1v) is 8.20. The summed E-state index contributed by atoms with van der Waals surface area (Å²) in [5.74, 6) is 3.06. The van der Waals surface area contributed by atoms with Crippen LogP contribution in [0.25, 0.3) is 0 Å². The molecule has 2 rings (SSSR count). The van der Waals surface area contributed by atoms with Crippen LogP contribution in [0, 0.1) is 12.8 Å². The molecule has 0 radical (unpaired) electrons. The van der Waals surface area contributed by atoms with Crippen LogP contribution in [-0.4, -0.2) is 48.6 Å². The summed E-state index contributed by atoms with van der Waals surface area (Å²) in [7, 11) is 4.20. The summed E-state index contributed by atoms with van der Waals surface area (Å²) in [6.07, 6.45) is 2.39. The summed E-state index contributed by atoms with van der Waals surface area (Å²) in [5.41, 5.74) is 1.00. The number of hydrogen-bond acceptors (Lipinski definition) is 4. The minimum atomic E-state index is 0.525. The van der Waals surface area contributed by atoms with Gasteiger partial charge in [0.25, 0.3) is 0 Å². The van der Waals surface area contributed by atoms with Crippen LogP contribution in [0.1, 0.15) is 44.0 Å². The van der Waals surface area contributed by atoms with Gasteiger partial charge in [-0.25, -0.2) is 9.97 Å². The molecule has 1 aliphatic rings. The Hall–Kier alpha value is -0.870. The summed E-state index contributed by atoms with van der Waals surface area (Å²) in [6, 6.07) is 0. The Morgan fingerprint density at radius 1 is 1.19 bits per heavy atom. The van der Waals surface area contributed by atoms with Crippen molar-refractivity contribution in [3.63, 3.8) is 0 Å². The molecule has 1 fully saturated rings. The number of rotatable bonds is 7. The van der Waals surface area contributed by atoms with Crippen molar-refractivity contribution in [2.24, 2.45) is 5.92 Å². The van der Waals surface area contributed by atoms with Crippen molar-refractivity contribution in [3.8, 4) is 0 Å². The smallest absolute Gasteiger partial charge is 0.137 e. The lowest BCUT2D eigenvalue weighted by molar-refractivity contribution is 0.408. The zero-order valence-corrected chi connectivity index (χ0v) is 14.6. The van der Waals surface area contributed by atoms with E-state index in [1.807, 2.05) is 6.92 Å². The quantitative estimate of drug-likeness (QED) is 0.723. The third kappa shape index (κ3) is 4.55. The van der Waals surface area contributed by atoms with Crippen LogP contribution in [0.15, 0.2) is 0 Å². The second-order valence-electron chi connectivity index (χ2n) is 6.74. The Bertz CT molecular complexity index is 483. The largest absolute Gasteiger partial charge is 0.355 e. The van der Waals surface area contributed by atoms with Crippen LogP contribution in [0.3, 0.4) is 0 Å². The topological polar surface area (TPSA) is 32.3 Å². The minimum absolute atomic E-state index is 0.525. The average Bonchev–Trinajstić information content (AvgIpc) is 3.21. The van der Waals surface area contributed by atoms with E-state index in [4.69, 9.17) is 16.6 Å². The molecule has 0 aliphatic heterocycles. The van der Waals surface area contributed by atoms with Gasteiger partial charge in [-0.3, -0.25) is 0 Å². The van der Waals surface area contributed by atoms with Crippen LogP contribution >= 0.6 is 11.6 Å². The lowest BCUT2D eigenvalue weighted by atomic mass is 10.2. The van der Waals surface area contributed by atoms with Gasteiger partial charge in [-0.2, -0.15) is 0 Å². The van der Waals surface area contributed by atoms with Gasteiger partial charge in [0.1, 0.15) is 16.8 Å². The molecule has 0 aromatic carbocycles. The highest BCUT2D eigenvalue weighted by atomic mass is 35.5. The van der Waals surface area contributed by atoms with Crippen LogP contribution < -0.4 is 4.90 Å². The first-order valence-electron chi connectivity index (χ1n) is 7.82. The molecule has 0 spiro atoms. The average molecular weight is 311 g/mol. The number of hydrogen-bond donors (Lipinski definition) is 0. The molecule has 0 unspecified atom stereocenters. The zero-order valence-electron chi connectivity index (χ0n) is 13.9. The summed E-state index contributed by atoms with van der Waals surface area (Å²) in [4.78, 5) is 13.9. The van der Waals surface area contributed by atoms with Gasteiger partial charge in [0.15, 0.2) is 0 Å². The van der Waals surface area contributed by atoms with Gasteiger partial charge in [-0.15, -0.1) is 0 Å². The molecule has 118 valence electrons. The fourth-order valence-corrected chi connectivity index (χ4v) is 2.54. The zero-order chi connectivity index (χ0) is 15.6. The van der Waals surface area contributed by atoms with Crippen LogP contribution in [0.2, 0.25) is 5.15 Å². The molecule has 0 atom stereocenters. The molecule has 0 amide bonds. The summed E-state index contributed by atoms with van der Waals surface area (Å²) in [6.45, 7) is 9.46. The number of anilines is 1. The molecule has 0 N–H and O–H groups in total. The van der Waals surface area contributed by atoms with E-state index in [1.54, 1.807) is 0 Å². The maximum atomic E-state index is 6.35. The molecule has 0 bridgehead atoms. The Balaban J connectivity index is 2.28. The van der Waals surface area contributed by atoms with E-state index in [-0.39, 0.29) is 0 Å². The van der Waals surface area contributed by atoms with E-state index >= 15 is 0 Å². The van der Waals surface area contributed by atoms with Crippen molar-refractivity contribution >= 4 is 17.4 Å². The van der Waals surface area contributed by atoms with E-state index in [0.717, 1.165) is 36.8 Å². The predicted molar refractivity (Wildman–Crippen MR) is 89.4 cm³/mol. The molecule has 1 aromatic heterocycles. The summed E-state index contributed by atoms with van der Waals surface area (Å²) in [5, 5.41) is 0.612. The third-order valence-electron chi connectivity index (χ3n) is 3.72. The lowest BCUT2D eigenvalue weighted by Crippen LogP contribution is -2.35. The molecule has 0 saturated heterocycles. The van der Waals surface area contributed by atoms with Crippen molar-refractivity contribution in [2.75, 3.05) is 38.6 Å². The molecule has 1 aliphatic carbocycles. The standard InChI is InChI=1S/C16H27ClN4/c1-11(2)10-21(9-8-20(4)5)16-12(3)14(17)18-15(19-16)13-6-7-13/h11,13H,6-10H2,1-5H3. The highest BCUT2D eigenvalue weighted by Crippen LogP contribution is 2.40. The number of aromatic nitrogens is 2. The highest BCUT2D eigenvalue weighted by Gasteiger charge is 2.29. The molecule has 4 nitrogen and oxygen atoms in total. The maximum Gasteiger partial charge on any atom is 0.137 e. The minimum Gasteiger partial charge on any atom is -0.355 e. The molecule has 5 heteroatoms. The monoisotopic (exact) mass is 310 g/mol. The van der Waals surface area contributed by atoms with Gasteiger partial charge in [0.2, 0.25) is 0 Å². The molecule has 1 saturated carbocycles. The Morgan fingerprint density at radius 2 is 1.86 bits per heavy atom. The number of halogens is 1. The maximum absolute atomic E-state index is 6.35. The number of likely N-dealkylation sites (N-methyl/N-ethyl adjacent to an activating group) is 1. The van der Waals surface area contributed by atoms with Gasteiger partial charge in [0, 0.05) is 31.1 Å². The van der Waals surface area contributed by atoms with E-state index in [0.29, 0.717) is 17.0 Å². The fraction of sp³-hybridized carbons (Fsp3) is 0.750. The van der Waals surface area contributed by atoms with Crippen molar-refractivity contribution < 1.29 is 0 Å². The van der Waals surface area contributed by atoms with Gasteiger partial charge in [-0.05, 0) is 39.8 Å². The van der Waals surface area contributed by atoms with Crippen LogP contribution in [0.4, 0.5) is 5.82 Å². The van der Waals surface area contributed by atoms with E-state index in [1.165, 1.54) is 12.8 Å². The van der Waals surface area contributed by atoms with E-state index < -0.39 is 0 Å². The van der Waals surface area contributed by atoms with Crippen molar-refractivity contribution in [1.29, 1.82) is 0 Å². The van der Waals surface area contributed by atoms with Crippen LogP contribution in [0.5, 0.6) is 0 Å². The van der Waals surface area contributed by atoms with Crippen LogP contribution in [-0.2, 0) is 0 Å². The number of nitrogens with zero attached hydrogens (tertiary/aromatic N) is 4. The SMILES string of the molecule is Cc1c(Cl)nc(C2CC2)nc1N(CCN(C)C)CC(C)C.